The molecule has 0 saturated heterocycles. The highest BCUT2D eigenvalue weighted by Crippen LogP contribution is 2.31. The zero-order chi connectivity index (χ0) is 22.0. The van der Waals surface area contributed by atoms with E-state index >= 15 is 0 Å². The van der Waals surface area contributed by atoms with Crippen molar-refractivity contribution in [2.45, 2.75) is 19.9 Å². The van der Waals surface area contributed by atoms with Crippen molar-refractivity contribution in [3.63, 3.8) is 0 Å². The Morgan fingerprint density at radius 2 is 1.61 bits per heavy atom. The molecule has 0 aliphatic heterocycles. The molecular weight excluding hydrogens is 411 g/mol. The van der Waals surface area contributed by atoms with Crippen LogP contribution in [-0.4, -0.2) is 10.5 Å². The van der Waals surface area contributed by atoms with E-state index in [4.69, 9.17) is 11.6 Å². The van der Waals surface area contributed by atoms with E-state index in [1.54, 1.807) is 12.1 Å². The fraction of sp³-hybridized carbons (Fsp3) is 0.115. The second-order valence-corrected chi connectivity index (χ2v) is 7.89. The molecule has 0 saturated carbocycles. The fourth-order valence-corrected chi connectivity index (χ4v) is 3.82. The zero-order valence-electron chi connectivity index (χ0n) is 17.3. The first-order chi connectivity index (χ1) is 14.9. The number of rotatable bonds is 5. The van der Waals surface area contributed by atoms with Gasteiger partial charge in [-0.3, -0.25) is 4.79 Å². The molecule has 0 fully saturated rings. The van der Waals surface area contributed by atoms with E-state index in [0.717, 1.165) is 28.2 Å². The van der Waals surface area contributed by atoms with Crippen LogP contribution in [0.25, 0.3) is 16.9 Å². The quantitative estimate of drug-likeness (QED) is 0.372. The Balaban J connectivity index is 1.76. The number of hydrogen-bond donors (Lipinski definition) is 1. The highest BCUT2D eigenvalue weighted by molar-refractivity contribution is 6.30. The van der Waals surface area contributed by atoms with E-state index in [2.05, 4.69) is 5.32 Å². The van der Waals surface area contributed by atoms with E-state index in [1.165, 1.54) is 12.1 Å². The topological polar surface area (TPSA) is 34.0 Å². The first kappa shape index (κ1) is 20.9. The van der Waals surface area contributed by atoms with Crippen LogP contribution in [0.15, 0.2) is 84.9 Å². The molecule has 31 heavy (non-hydrogen) atoms. The molecule has 1 amide bonds. The molecule has 1 aromatic heterocycles. The summed E-state index contributed by atoms with van der Waals surface area (Å²) in [6, 6.07) is 25.2. The highest BCUT2D eigenvalue weighted by Gasteiger charge is 2.21. The van der Waals surface area contributed by atoms with Crippen LogP contribution in [0.4, 0.5) is 4.39 Å². The summed E-state index contributed by atoms with van der Waals surface area (Å²) in [4.78, 5) is 13.2. The molecule has 1 N–H and O–H groups in total. The average molecular weight is 433 g/mol. The number of carbonyl (C=O) groups is 1. The lowest BCUT2D eigenvalue weighted by molar-refractivity contribution is 0.0939. The number of halogens is 2. The molecule has 1 unspecified atom stereocenters. The molecule has 4 aromatic rings. The molecule has 0 aliphatic rings. The summed E-state index contributed by atoms with van der Waals surface area (Å²) >= 11 is 6.06. The van der Waals surface area contributed by atoms with Gasteiger partial charge in [0.1, 0.15) is 5.82 Å². The van der Waals surface area contributed by atoms with Crippen LogP contribution < -0.4 is 5.32 Å². The van der Waals surface area contributed by atoms with Crippen LogP contribution in [0, 0.1) is 12.7 Å². The molecular formula is C26H22ClFN2O. The predicted octanol–water partition coefficient (Wildman–Crippen LogP) is 6.74. The summed E-state index contributed by atoms with van der Waals surface area (Å²) < 4.78 is 15.5. The molecule has 5 heteroatoms. The number of nitrogens with zero attached hydrogens (tertiary/aromatic N) is 1. The van der Waals surface area contributed by atoms with Crippen molar-refractivity contribution in [2.24, 2.45) is 0 Å². The third kappa shape index (κ3) is 4.39. The Bertz CT molecular complexity index is 1200. The minimum atomic E-state index is -0.309. The molecule has 0 radical (unpaired) electrons. The van der Waals surface area contributed by atoms with Crippen LogP contribution >= 0.6 is 11.6 Å². The molecule has 1 heterocycles. The van der Waals surface area contributed by atoms with Gasteiger partial charge in [-0.05, 0) is 67.4 Å². The Hall–Kier alpha value is -3.37. The van der Waals surface area contributed by atoms with Gasteiger partial charge in [0.05, 0.1) is 17.3 Å². The molecule has 0 bridgehead atoms. The number of benzene rings is 3. The van der Waals surface area contributed by atoms with Crippen LogP contribution in [0.2, 0.25) is 5.02 Å². The maximum Gasteiger partial charge on any atom is 0.253 e. The largest absolute Gasteiger partial charge is 0.345 e. The first-order valence-electron chi connectivity index (χ1n) is 10.0. The predicted molar refractivity (Wildman–Crippen MR) is 123 cm³/mol. The average Bonchev–Trinajstić information content (AvgIpc) is 3.12. The van der Waals surface area contributed by atoms with E-state index in [9.17, 15) is 9.18 Å². The lowest BCUT2D eigenvalue weighted by Gasteiger charge is -2.15. The summed E-state index contributed by atoms with van der Waals surface area (Å²) in [5.41, 5.74) is 4.89. The van der Waals surface area contributed by atoms with Crippen LogP contribution in [-0.2, 0) is 0 Å². The van der Waals surface area contributed by atoms with Gasteiger partial charge in [-0.25, -0.2) is 4.39 Å². The molecule has 0 spiro atoms. The third-order valence-corrected chi connectivity index (χ3v) is 5.62. The summed E-state index contributed by atoms with van der Waals surface area (Å²) in [6.45, 7) is 3.85. The normalized spacial score (nSPS) is 11.9. The van der Waals surface area contributed by atoms with Gasteiger partial charge in [0.15, 0.2) is 0 Å². The van der Waals surface area contributed by atoms with Crippen molar-refractivity contribution in [3.8, 4) is 16.9 Å². The summed E-state index contributed by atoms with van der Waals surface area (Å²) in [7, 11) is 0. The number of hydrogen-bond acceptors (Lipinski definition) is 1. The van der Waals surface area contributed by atoms with Gasteiger partial charge in [-0.1, -0.05) is 54.1 Å². The summed E-state index contributed by atoms with van der Waals surface area (Å²) in [5, 5.41) is 3.72. The van der Waals surface area contributed by atoms with E-state index in [-0.39, 0.29) is 17.8 Å². The number of amides is 1. The van der Waals surface area contributed by atoms with Gasteiger partial charge in [0.2, 0.25) is 0 Å². The first-order valence-corrected chi connectivity index (χ1v) is 10.4. The highest BCUT2D eigenvalue weighted by atomic mass is 35.5. The molecule has 156 valence electrons. The minimum absolute atomic E-state index is 0.138. The smallest absolute Gasteiger partial charge is 0.253 e. The van der Waals surface area contributed by atoms with Gasteiger partial charge in [0.25, 0.3) is 5.91 Å². The Morgan fingerprint density at radius 1 is 0.968 bits per heavy atom. The number of aromatic nitrogens is 1. The molecule has 4 rings (SSSR count). The fourth-order valence-electron chi connectivity index (χ4n) is 3.69. The second-order valence-electron chi connectivity index (χ2n) is 7.45. The van der Waals surface area contributed by atoms with Gasteiger partial charge >= 0.3 is 0 Å². The Kier molecular flexibility index (Phi) is 5.92. The van der Waals surface area contributed by atoms with E-state index in [0.29, 0.717) is 10.6 Å². The van der Waals surface area contributed by atoms with Crippen LogP contribution in [0.5, 0.6) is 0 Å². The Morgan fingerprint density at radius 3 is 2.26 bits per heavy atom. The van der Waals surface area contributed by atoms with Gasteiger partial charge in [-0.2, -0.15) is 0 Å². The zero-order valence-corrected chi connectivity index (χ0v) is 18.0. The molecule has 0 aliphatic carbocycles. The number of nitrogens with one attached hydrogen (secondary N) is 1. The molecule has 3 nitrogen and oxygen atoms in total. The van der Waals surface area contributed by atoms with Gasteiger partial charge in [-0.15, -0.1) is 0 Å². The monoisotopic (exact) mass is 432 g/mol. The standard InChI is InChI=1S/C26H22ClFN2O/c1-17(19-6-4-3-5-7-19)29-26(31)24-16-25(20-8-10-21(27)11-9-20)30(18(24)2)23-14-12-22(28)13-15-23/h3-17H,1-2H3,(H,29,31). The summed E-state index contributed by atoms with van der Waals surface area (Å²) in [6.07, 6.45) is 0. The van der Waals surface area contributed by atoms with Crippen molar-refractivity contribution in [1.29, 1.82) is 0 Å². The van der Waals surface area contributed by atoms with Crippen molar-refractivity contribution in [1.82, 2.24) is 9.88 Å². The summed E-state index contributed by atoms with van der Waals surface area (Å²) in [5.74, 6) is -0.471. The molecule has 3 aromatic carbocycles. The van der Waals surface area contributed by atoms with Gasteiger partial charge in [0, 0.05) is 16.4 Å². The maximum absolute atomic E-state index is 13.5. The van der Waals surface area contributed by atoms with Crippen LogP contribution in [0.3, 0.4) is 0 Å². The van der Waals surface area contributed by atoms with Crippen molar-refractivity contribution >= 4 is 17.5 Å². The van der Waals surface area contributed by atoms with E-state index in [1.807, 2.05) is 79.1 Å². The van der Waals surface area contributed by atoms with Crippen LogP contribution in [0.1, 0.15) is 34.6 Å². The van der Waals surface area contributed by atoms with Crippen molar-refractivity contribution in [3.05, 3.63) is 113 Å². The second kappa shape index (κ2) is 8.78. The van der Waals surface area contributed by atoms with E-state index < -0.39 is 0 Å². The molecule has 1 atom stereocenters. The third-order valence-electron chi connectivity index (χ3n) is 5.36. The lowest BCUT2D eigenvalue weighted by atomic mass is 10.1. The van der Waals surface area contributed by atoms with Crippen molar-refractivity contribution in [2.75, 3.05) is 0 Å². The lowest BCUT2D eigenvalue weighted by Crippen LogP contribution is -2.27. The maximum atomic E-state index is 13.5. The Labute approximate surface area is 186 Å². The number of carbonyl (C=O) groups excluding carboxylic acids is 1. The minimum Gasteiger partial charge on any atom is -0.345 e. The SMILES string of the molecule is Cc1c(C(=O)NC(C)c2ccccc2)cc(-c2ccc(Cl)cc2)n1-c1ccc(F)cc1. The van der Waals surface area contributed by atoms with Gasteiger partial charge < -0.3 is 9.88 Å². The van der Waals surface area contributed by atoms with Crippen molar-refractivity contribution < 1.29 is 9.18 Å².